The summed E-state index contributed by atoms with van der Waals surface area (Å²) in [5.74, 6) is -0.410. The van der Waals surface area contributed by atoms with Crippen molar-refractivity contribution in [3.8, 4) is 5.75 Å². The van der Waals surface area contributed by atoms with Crippen molar-refractivity contribution in [2.75, 3.05) is 13.7 Å². The molecule has 118 valence electrons. The zero-order chi connectivity index (χ0) is 15.9. The van der Waals surface area contributed by atoms with Gasteiger partial charge in [0, 0.05) is 13.0 Å². The van der Waals surface area contributed by atoms with Gasteiger partial charge in [-0.05, 0) is 24.1 Å². The van der Waals surface area contributed by atoms with Gasteiger partial charge in [-0.3, -0.25) is 9.59 Å². The van der Waals surface area contributed by atoms with Crippen LogP contribution in [-0.4, -0.2) is 37.5 Å². The number of rotatable bonds is 6. The largest absolute Gasteiger partial charge is 0.497 e. The molecule has 1 saturated heterocycles. The maximum Gasteiger partial charge on any atom is 0.329 e. The fourth-order valence-electron chi connectivity index (χ4n) is 2.02. The van der Waals surface area contributed by atoms with Crippen LogP contribution in [0.1, 0.15) is 18.4 Å². The third-order valence-corrected chi connectivity index (χ3v) is 3.27. The van der Waals surface area contributed by atoms with Crippen LogP contribution in [0.4, 0.5) is 0 Å². The molecule has 22 heavy (non-hydrogen) atoms. The number of esters is 1. The third-order valence-electron chi connectivity index (χ3n) is 3.27. The van der Waals surface area contributed by atoms with E-state index in [2.05, 4.69) is 10.6 Å². The van der Waals surface area contributed by atoms with Crippen LogP contribution >= 0.6 is 0 Å². The summed E-state index contributed by atoms with van der Waals surface area (Å²) in [6, 6.07) is 6.62. The Kier molecular flexibility index (Phi) is 5.35. The van der Waals surface area contributed by atoms with Crippen LogP contribution in [-0.2, 0) is 25.7 Å². The van der Waals surface area contributed by atoms with Gasteiger partial charge in [-0.2, -0.15) is 0 Å². The number of nitrogens with one attached hydrogen (secondary N) is 2. The molecule has 0 radical (unpaired) electrons. The van der Waals surface area contributed by atoms with Crippen LogP contribution in [0.15, 0.2) is 24.3 Å². The van der Waals surface area contributed by atoms with E-state index in [9.17, 15) is 14.4 Å². The molecule has 2 amide bonds. The second-order valence-corrected chi connectivity index (χ2v) is 4.89. The smallest absolute Gasteiger partial charge is 0.329 e. The van der Waals surface area contributed by atoms with Gasteiger partial charge in [-0.15, -0.1) is 0 Å². The first kappa shape index (κ1) is 15.8. The molecule has 2 N–H and O–H groups in total. The molecular weight excluding hydrogens is 288 g/mol. The second kappa shape index (κ2) is 7.44. The Bertz CT molecular complexity index is 556. The van der Waals surface area contributed by atoms with E-state index in [4.69, 9.17) is 9.47 Å². The molecule has 1 fully saturated rings. The Morgan fingerprint density at radius 1 is 1.32 bits per heavy atom. The lowest BCUT2D eigenvalue weighted by Gasteiger charge is -2.10. The lowest BCUT2D eigenvalue weighted by molar-refractivity contribution is -0.150. The predicted octanol–water partition coefficient (Wildman–Crippen LogP) is 0.133. The molecule has 2 rings (SSSR count). The average Bonchev–Trinajstić information content (AvgIpc) is 2.97. The highest BCUT2D eigenvalue weighted by Gasteiger charge is 2.28. The fourth-order valence-corrected chi connectivity index (χ4v) is 2.02. The standard InChI is InChI=1S/C15H18N2O5/c1-21-11-4-2-10(3-5-11)8-16-14(19)9-22-15(20)12-6-7-13(18)17-12/h2-5,12H,6-9H2,1H3,(H,16,19)(H,17,18)/t12-/m1/s1. The van der Waals surface area contributed by atoms with Gasteiger partial charge in [-0.25, -0.2) is 4.79 Å². The maximum atomic E-state index is 11.6. The number of ether oxygens (including phenoxy) is 2. The summed E-state index contributed by atoms with van der Waals surface area (Å²) in [4.78, 5) is 34.2. The number of carbonyl (C=O) groups is 3. The topological polar surface area (TPSA) is 93.7 Å². The quantitative estimate of drug-likeness (QED) is 0.729. The minimum Gasteiger partial charge on any atom is -0.497 e. The van der Waals surface area contributed by atoms with E-state index in [0.717, 1.165) is 11.3 Å². The summed E-state index contributed by atoms with van der Waals surface area (Å²) >= 11 is 0. The van der Waals surface area contributed by atoms with Crippen molar-refractivity contribution >= 4 is 17.8 Å². The van der Waals surface area contributed by atoms with Crippen molar-refractivity contribution in [1.29, 1.82) is 0 Å². The zero-order valence-electron chi connectivity index (χ0n) is 12.3. The number of methoxy groups -OCH3 is 1. The van der Waals surface area contributed by atoms with Crippen LogP contribution in [0.3, 0.4) is 0 Å². The van der Waals surface area contributed by atoms with Gasteiger partial charge in [0.15, 0.2) is 6.61 Å². The number of hydrogen-bond donors (Lipinski definition) is 2. The summed E-state index contributed by atoms with van der Waals surface area (Å²) in [5.41, 5.74) is 0.906. The Hall–Kier alpha value is -2.57. The van der Waals surface area contributed by atoms with E-state index in [-0.39, 0.29) is 12.5 Å². The first-order valence-electron chi connectivity index (χ1n) is 6.94. The Labute approximate surface area is 128 Å². The molecule has 0 aliphatic carbocycles. The summed E-state index contributed by atoms with van der Waals surface area (Å²) < 4.78 is 9.92. The van der Waals surface area contributed by atoms with Crippen LogP contribution in [0, 0.1) is 0 Å². The monoisotopic (exact) mass is 306 g/mol. The van der Waals surface area contributed by atoms with E-state index >= 15 is 0 Å². The van der Waals surface area contributed by atoms with Crippen molar-refractivity contribution in [3.63, 3.8) is 0 Å². The molecule has 0 bridgehead atoms. The molecule has 0 spiro atoms. The van der Waals surface area contributed by atoms with Crippen molar-refractivity contribution in [1.82, 2.24) is 10.6 Å². The predicted molar refractivity (Wildman–Crippen MR) is 77.0 cm³/mol. The minimum absolute atomic E-state index is 0.175. The first-order chi connectivity index (χ1) is 10.6. The highest BCUT2D eigenvalue weighted by atomic mass is 16.5. The first-order valence-corrected chi connectivity index (χ1v) is 6.94. The third kappa shape index (κ3) is 4.47. The van der Waals surface area contributed by atoms with Gasteiger partial charge in [0.1, 0.15) is 11.8 Å². The number of hydrogen-bond acceptors (Lipinski definition) is 5. The van der Waals surface area contributed by atoms with Gasteiger partial charge in [-0.1, -0.05) is 12.1 Å². The highest BCUT2D eigenvalue weighted by molar-refractivity contribution is 5.89. The molecule has 1 atom stereocenters. The molecule has 7 heteroatoms. The highest BCUT2D eigenvalue weighted by Crippen LogP contribution is 2.11. The summed E-state index contributed by atoms with van der Waals surface area (Å²) in [7, 11) is 1.58. The van der Waals surface area contributed by atoms with Gasteiger partial charge in [0.2, 0.25) is 5.91 Å². The molecule has 1 aromatic carbocycles. The van der Waals surface area contributed by atoms with E-state index in [1.807, 2.05) is 12.1 Å². The van der Waals surface area contributed by atoms with Gasteiger partial charge in [0.05, 0.1) is 7.11 Å². The zero-order valence-corrected chi connectivity index (χ0v) is 12.3. The average molecular weight is 306 g/mol. The molecule has 7 nitrogen and oxygen atoms in total. The lowest BCUT2D eigenvalue weighted by atomic mass is 10.2. The van der Waals surface area contributed by atoms with Crippen molar-refractivity contribution in [2.24, 2.45) is 0 Å². The number of amides is 2. The molecule has 1 aliphatic heterocycles. The van der Waals surface area contributed by atoms with Gasteiger partial charge >= 0.3 is 5.97 Å². The van der Waals surface area contributed by atoms with E-state index in [1.54, 1.807) is 19.2 Å². The molecule has 1 heterocycles. The summed E-state index contributed by atoms with van der Waals surface area (Å²) in [6.45, 7) is -0.0259. The molecule has 1 aliphatic rings. The summed E-state index contributed by atoms with van der Waals surface area (Å²) in [6.07, 6.45) is 0.717. The van der Waals surface area contributed by atoms with Crippen LogP contribution in [0.5, 0.6) is 5.75 Å². The Morgan fingerprint density at radius 2 is 2.05 bits per heavy atom. The van der Waals surface area contributed by atoms with Crippen LogP contribution in [0.2, 0.25) is 0 Å². The van der Waals surface area contributed by atoms with Gasteiger partial charge < -0.3 is 20.1 Å². The molecule has 0 aromatic heterocycles. The van der Waals surface area contributed by atoms with Gasteiger partial charge in [0.25, 0.3) is 5.91 Å². The molecular formula is C15H18N2O5. The second-order valence-electron chi connectivity index (χ2n) is 4.89. The molecule has 0 saturated carbocycles. The van der Waals surface area contributed by atoms with E-state index in [1.165, 1.54) is 0 Å². The number of benzene rings is 1. The molecule has 0 unspecified atom stereocenters. The van der Waals surface area contributed by atoms with E-state index in [0.29, 0.717) is 19.4 Å². The van der Waals surface area contributed by atoms with Crippen molar-refractivity contribution in [3.05, 3.63) is 29.8 Å². The summed E-state index contributed by atoms with van der Waals surface area (Å²) in [5, 5.41) is 5.14. The molecule has 1 aromatic rings. The normalized spacial score (nSPS) is 16.8. The van der Waals surface area contributed by atoms with E-state index < -0.39 is 17.9 Å². The Morgan fingerprint density at radius 3 is 2.64 bits per heavy atom. The lowest BCUT2D eigenvalue weighted by Crippen LogP contribution is -2.37. The van der Waals surface area contributed by atoms with Crippen molar-refractivity contribution < 1.29 is 23.9 Å². The minimum atomic E-state index is -0.637. The fraction of sp³-hybridized carbons (Fsp3) is 0.400. The maximum absolute atomic E-state index is 11.6. The van der Waals surface area contributed by atoms with Crippen LogP contribution < -0.4 is 15.4 Å². The van der Waals surface area contributed by atoms with Crippen molar-refractivity contribution in [2.45, 2.75) is 25.4 Å². The Balaban J connectivity index is 1.69. The number of carbonyl (C=O) groups excluding carboxylic acids is 3. The van der Waals surface area contributed by atoms with Crippen LogP contribution in [0.25, 0.3) is 0 Å². The SMILES string of the molecule is COc1ccc(CNC(=O)COC(=O)[C@H]2CCC(=O)N2)cc1.